The molecule has 0 radical (unpaired) electrons. The number of ketones is 1. The van der Waals surface area contributed by atoms with E-state index < -0.39 is 0 Å². The lowest BCUT2D eigenvalue weighted by Crippen LogP contribution is -2.30. The molecule has 92 valence electrons. The predicted molar refractivity (Wildman–Crippen MR) is 68.6 cm³/mol. The lowest BCUT2D eigenvalue weighted by atomic mass is 9.94. The van der Waals surface area contributed by atoms with Crippen molar-refractivity contribution in [2.75, 3.05) is 0 Å². The zero-order valence-electron chi connectivity index (χ0n) is 10.9. The van der Waals surface area contributed by atoms with Gasteiger partial charge >= 0.3 is 0 Å². The first-order chi connectivity index (χ1) is 8.12. The van der Waals surface area contributed by atoms with Gasteiger partial charge in [-0.1, -0.05) is 12.8 Å². The monoisotopic (exact) mass is 231 g/mol. The lowest BCUT2D eigenvalue weighted by Gasteiger charge is -2.31. The highest BCUT2D eigenvalue weighted by Crippen LogP contribution is 2.40. The van der Waals surface area contributed by atoms with Crippen LogP contribution < -0.4 is 0 Å². The van der Waals surface area contributed by atoms with E-state index in [9.17, 15) is 4.79 Å². The van der Waals surface area contributed by atoms with E-state index >= 15 is 0 Å². The summed E-state index contributed by atoms with van der Waals surface area (Å²) >= 11 is 0. The molecular weight excluding hydrogens is 210 g/mol. The number of hydrogen-bond acceptors (Lipinski definition) is 1. The van der Waals surface area contributed by atoms with E-state index in [1.54, 1.807) is 0 Å². The van der Waals surface area contributed by atoms with Gasteiger partial charge in [0.1, 0.15) is 0 Å². The van der Waals surface area contributed by atoms with Crippen LogP contribution in [0.5, 0.6) is 0 Å². The Kier molecular flexibility index (Phi) is 2.42. The van der Waals surface area contributed by atoms with Gasteiger partial charge in [0.2, 0.25) is 0 Å². The van der Waals surface area contributed by atoms with E-state index in [4.69, 9.17) is 0 Å². The number of carbonyl (C=O) groups is 1. The van der Waals surface area contributed by atoms with Crippen LogP contribution >= 0.6 is 0 Å². The molecule has 2 aliphatic carbocycles. The second-order valence-corrected chi connectivity index (χ2v) is 5.96. The van der Waals surface area contributed by atoms with Crippen molar-refractivity contribution in [2.45, 2.75) is 64.3 Å². The second-order valence-electron chi connectivity index (χ2n) is 5.96. The fourth-order valence-electron chi connectivity index (χ4n) is 3.84. The fraction of sp³-hybridized carbons (Fsp3) is 0.667. The number of nitrogens with zero attached hydrogens (tertiary/aromatic N) is 1. The molecule has 0 saturated heterocycles. The third-order valence-corrected chi connectivity index (χ3v) is 4.63. The molecule has 1 aromatic heterocycles. The molecule has 0 unspecified atom stereocenters. The quantitative estimate of drug-likeness (QED) is 0.723. The lowest BCUT2D eigenvalue weighted by molar-refractivity contribution is 0.0971. The second kappa shape index (κ2) is 3.72. The van der Waals surface area contributed by atoms with Crippen LogP contribution in [0.2, 0.25) is 0 Å². The number of rotatable bonds is 1. The molecule has 0 atom stereocenters. The van der Waals surface area contributed by atoms with E-state index in [0.717, 1.165) is 24.8 Å². The van der Waals surface area contributed by atoms with Gasteiger partial charge < -0.3 is 4.57 Å². The molecule has 1 heterocycles. The van der Waals surface area contributed by atoms with E-state index in [2.05, 4.69) is 24.5 Å². The van der Waals surface area contributed by atoms with Crippen molar-refractivity contribution in [1.82, 2.24) is 4.57 Å². The Labute approximate surface area is 103 Å². The van der Waals surface area contributed by atoms with Gasteiger partial charge in [-0.3, -0.25) is 4.79 Å². The van der Waals surface area contributed by atoms with Crippen molar-refractivity contribution in [3.05, 3.63) is 23.0 Å². The average Bonchev–Trinajstić information content (AvgIpc) is 2.83. The molecule has 0 bridgehead atoms. The molecule has 0 aliphatic heterocycles. The Morgan fingerprint density at radius 3 is 2.59 bits per heavy atom. The first-order valence-corrected chi connectivity index (χ1v) is 6.87. The summed E-state index contributed by atoms with van der Waals surface area (Å²) in [6.07, 6.45) is 8.06. The van der Waals surface area contributed by atoms with Crippen LogP contribution in [-0.4, -0.2) is 10.4 Å². The molecule has 1 fully saturated rings. The van der Waals surface area contributed by atoms with Crippen LogP contribution in [0.3, 0.4) is 0 Å². The van der Waals surface area contributed by atoms with Crippen molar-refractivity contribution < 1.29 is 4.79 Å². The van der Waals surface area contributed by atoms with Gasteiger partial charge in [0.05, 0.1) is 0 Å². The smallest absolute Gasteiger partial charge is 0.164 e. The molecule has 3 rings (SSSR count). The van der Waals surface area contributed by atoms with E-state index in [-0.39, 0.29) is 5.54 Å². The normalized spacial score (nSPS) is 22.8. The fourth-order valence-corrected chi connectivity index (χ4v) is 3.84. The Balaban J connectivity index is 2.13. The number of hydrogen-bond donors (Lipinski definition) is 0. The third-order valence-electron chi connectivity index (χ3n) is 4.63. The Morgan fingerprint density at radius 2 is 1.88 bits per heavy atom. The van der Waals surface area contributed by atoms with Crippen molar-refractivity contribution in [1.29, 1.82) is 0 Å². The summed E-state index contributed by atoms with van der Waals surface area (Å²) in [5, 5.41) is 0. The van der Waals surface area contributed by atoms with Gasteiger partial charge in [-0.2, -0.15) is 0 Å². The number of carbonyl (C=O) groups excluding carboxylic acids is 1. The Bertz CT molecular complexity index is 464. The van der Waals surface area contributed by atoms with Gasteiger partial charge in [-0.25, -0.2) is 0 Å². The summed E-state index contributed by atoms with van der Waals surface area (Å²) in [6.45, 7) is 4.53. The summed E-state index contributed by atoms with van der Waals surface area (Å²) in [5.74, 6) is 0.356. The first-order valence-electron chi connectivity index (χ1n) is 6.87. The molecule has 0 N–H and O–H groups in total. The Morgan fingerprint density at radius 1 is 1.18 bits per heavy atom. The minimum atomic E-state index is 0.273. The maximum absolute atomic E-state index is 12.0. The summed E-state index contributed by atoms with van der Waals surface area (Å²) in [5.41, 5.74) is 3.90. The van der Waals surface area contributed by atoms with Crippen LogP contribution in [0.4, 0.5) is 0 Å². The highest BCUT2D eigenvalue weighted by molar-refractivity contribution is 5.98. The third kappa shape index (κ3) is 1.57. The van der Waals surface area contributed by atoms with Crippen LogP contribution in [0, 0.1) is 6.92 Å². The number of aromatic nitrogens is 1. The van der Waals surface area contributed by atoms with Gasteiger partial charge in [0, 0.05) is 28.9 Å². The molecule has 2 nitrogen and oxygen atoms in total. The van der Waals surface area contributed by atoms with Crippen molar-refractivity contribution in [3.63, 3.8) is 0 Å². The maximum atomic E-state index is 12.0. The highest BCUT2D eigenvalue weighted by atomic mass is 16.1. The molecule has 2 aliphatic rings. The van der Waals surface area contributed by atoms with Crippen molar-refractivity contribution in [2.24, 2.45) is 0 Å². The maximum Gasteiger partial charge on any atom is 0.164 e. The molecule has 1 saturated carbocycles. The average molecular weight is 231 g/mol. The Hall–Kier alpha value is -1.05. The molecule has 2 heteroatoms. The first kappa shape index (κ1) is 11.1. The zero-order valence-corrected chi connectivity index (χ0v) is 10.9. The van der Waals surface area contributed by atoms with Crippen LogP contribution in [0.15, 0.2) is 6.07 Å². The summed E-state index contributed by atoms with van der Waals surface area (Å²) < 4.78 is 2.49. The van der Waals surface area contributed by atoms with Gasteiger partial charge in [-0.05, 0) is 45.6 Å². The van der Waals surface area contributed by atoms with Crippen LogP contribution in [-0.2, 0) is 12.0 Å². The summed E-state index contributed by atoms with van der Waals surface area (Å²) in [4.78, 5) is 12.0. The summed E-state index contributed by atoms with van der Waals surface area (Å²) in [6, 6.07) is 2.13. The molecular formula is C15H21NO. The molecule has 1 aromatic rings. The minimum Gasteiger partial charge on any atom is -0.342 e. The molecule has 0 amide bonds. The number of fused-ring (bicyclic) bond motifs is 1. The SMILES string of the molecule is Cc1cc2c(n1C1(C)CCCC1)CCCC2=O. The van der Waals surface area contributed by atoms with E-state index in [1.807, 2.05) is 0 Å². The topological polar surface area (TPSA) is 22.0 Å². The molecule has 17 heavy (non-hydrogen) atoms. The predicted octanol–water partition coefficient (Wildman–Crippen LogP) is 3.60. The minimum absolute atomic E-state index is 0.273. The van der Waals surface area contributed by atoms with Crippen LogP contribution in [0.25, 0.3) is 0 Å². The standard InChI is InChI=1S/C15H21NO/c1-11-10-12-13(6-5-7-14(12)17)16(11)15(2)8-3-4-9-15/h10H,3-9H2,1-2H3. The van der Waals surface area contributed by atoms with Gasteiger partial charge in [-0.15, -0.1) is 0 Å². The van der Waals surface area contributed by atoms with E-state index in [1.165, 1.54) is 37.1 Å². The van der Waals surface area contributed by atoms with E-state index in [0.29, 0.717) is 5.78 Å². The van der Waals surface area contributed by atoms with Gasteiger partial charge in [0.25, 0.3) is 0 Å². The van der Waals surface area contributed by atoms with Crippen LogP contribution in [0.1, 0.15) is 67.2 Å². The summed E-state index contributed by atoms with van der Waals surface area (Å²) in [7, 11) is 0. The molecule has 0 spiro atoms. The van der Waals surface area contributed by atoms with Gasteiger partial charge in [0.15, 0.2) is 5.78 Å². The number of Topliss-reactive ketones (excluding diaryl/α,β-unsaturated/α-hetero) is 1. The number of aryl methyl sites for hydroxylation is 1. The zero-order chi connectivity index (χ0) is 12.0. The van der Waals surface area contributed by atoms with Crippen molar-refractivity contribution in [3.8, 4) is 0 Å². The largest absolute Gasteiger partial charge is 0.342 e. The molecule has 0 aromatic carbocycles. The highest BCUT2D eigenvalue weighted by Gasteiger charge is 2.35. The van der Waals surface area contributed by atoms with Crippen molar-refractivity contribution >= 4 is 5.78 Å².